The smallest absolute Gasteiger partial charge is 0.374 e. The minimum absolute atomic E-state index is 0.0316. The second-order valence-electron chi connectivity index (χ2n) is 5.04. The highest BCUT2D eigenvalue weighted by Crippen LogP contribution is 2.21. The number of aryl methyl sites for hydroxylation is 1. The van der Waals surface area contributed by atoms with Crippen LogP contribution in [-0.2, 0) is 9.53 Å². The Morgan fingerprint density at radius 3 is 2.71 bits per heavy atom. The summed E-state index contributed by atoms with van der Waals surface area (Å²) in [6.07, 6.45) is 1.35. The molecule has 1 aromatic carbocycles. The molecule has 7 nitrogen and oxygen atoms in total. The number of rotatable bonds is 5. The molecule has 0 unspecified atom stereocenters. The Morgan fingerprint density at radius 1 is 1.21 bits per heavy atom. The molecule has 7 heteroatoms. The zero-order valence-electron chi connectivity index (χ0n) is 12.8. The molecule has 24 heavy (non-hydrogen) atoms. The van der Waals surface area contributed by atoms with Crippen LogP contribution < -0.4 is 5.32 Å². The third kappa shape index (κ3) is 3.70. The van der Waals surface area contributed by atoms with Gasteiger partial charge in [-0.3, -0.25) is 10.1 Å². The monoisotopic (exact) mass is 326 g/mol. The number of furan rings is 1. The van der Waals surface area contributed by atoms with Crippen LogP contribution in [0.15, 0.2) is 57.7 Å². The van der Waals surface area contributed by atoms with Crippen molar-refractivity contribution in [3.63, 3.8) is 0 Å². The van der Waals surface area contributed by atoms with E-state index < -0.39 is 18.5 Å². The average molecular weight is 326 g/mol. The molecule has 0 aliphatic heterocycles. The van der Waals surface area contributed by atoms with Crippen molar-refractivity contribution in [3.8, 4) is 11.3 Å². The number of benzene rings is 1. The Kier molecular flexibility index (Phi) is 4.42. The van der Waals surface area contributed by atoms with Gasteiger partial charge < -0.3 is 13.7 Å². The van der Waals surface area contributed by atoms with Gasteiger partial charge in [0.1, 0.15) is 5.69 Å². The first-order valence-electron chi connectivity index (χ1n) is 7.16. The van der Waals surface area contributed by atoms with Gasteiger partial charge in [-0.15, -0.1) is 0 Å². The fourth-order valence-electron chi connectivity index (χ4n) is 1.96. The minimum atomic E-state index is -0.715. The third-order valence-corrected chi connectivity index (χ3v) is 3.18. The molecule has 0 bridgehead atoms. The molecule has 1 amide bonds. The number of anilines is 1. The second kappa shape index (κ2) is 6.82. The summed E-state index contributed by atoms with van der Waals surface area (Å²) in [5.41, 5.74) is 2.60. The average Bonchev–Trinajstić information content (AvgIpc) is 3.25. The maximum atomic E-state index is 11.8. The maximum absolute atomic E-state index is 11.8. The van der Waals surface area contributed by atoms with E-state index in [1.54, 1.807) is 12.1 Å². The van der Waals surface area contributed by atoms with Crippen LogP contribution in [-0.4, -0.2) is 23.6 Å². The zero-order chi connectivity index (χ0) is 16.9. The van der Waals surface area contributed by atoms with Gasteiger partial charge in [0.2, 0.25) is 11.6 Å². The maximum Gasteiger partial charge on any atom is 0.374 e. The first-order chi connectivity index (χ1) is 11.6. The van der Waals surface area contributed by atoms with Crippen LogP contribution in [0.1, 0.15) is 16.1 Å². The van der Waals surface area contributed by atoms with Crippen molar-refractivity contribution < 1.29 is 23.3 Å². The molecule has 2 aromatic heterocycles. The molecule has 0 atom stereocenters. The Hall–Kier alpha value is -3.35. The van der Waals surface area contributed by atoms with Gasteiger partial charge in [0.05, 0.1) is 6.26 Å². The van der Waals surface area contributed by atoms with Gasteiger partial charge in [-0.2, -0.15) is 0 Å². The number of carbonyl (C=O) groups is 2. The van der Waals surface area contributed by atoms with E-state index in [-0.39, 0.29) is 11.6 Å². The van der Waals surface area contributed by atoms with E-state index in [9.17, 15) is 9.59 Å². The molecule has 0 saturated carbocycles. The molecule has 0 saturated heterocycles. The van der Waals surface area contributed by atoms with E-state index in [4.69, 9.17) is 13.7 Å². The summed E-state index contributed by atoms with van der Waals surface area (Å²) in [7, 11) is 0. The lowest BCUT2D eigenvalue weighted by atomic mass is 10.1. The third-order valence-electron chi connectivity index (χ3n) is 3.18. The van der Waals surface area contributed by atoms with Gasteiger partial charge in [-0.1, -0.05) is 35.0 Å². The summed E-state index contributed by atoms with van der Waals surface area (Å²) < 4.78 is 14.7. The number of aromatic nitrogens is 1. The summed E-state index contributed by atoms with van der Waals surface area (Å²) in [6.45, 7) is 1.53. The molecule has 2 heterocycles. The standard InChI is InChI=1S/C17H14N2O5/c1-11-4-6-12(7-5-11)13-9-16(24-19-13)18-15(20)10-23-17(21)14-3-2-8-22-14/h2-9H,10H2,1H3,(H,18,20). The molecule has 0 fully saturated rings. The van der Waals surface area contributed by atoms with Crippen molar-refractivity contribution in [1.82, 2.24) is 5.16 Å². The molecular formula is C17H14N2O5. The molecule has 1 N–H and O–H groups in total. The van der Waals surface area contributed by atoms with Crippen LogP contribution >= 0.6 is 0 Å². The molecule has 3 aromatic rings. The van der Waals surface area contributed by atoms with Gasteiger partial charge in [-0.25, -0.2) is 4.79 Å². The highest BCUT2D eigenvalue weighted by Gasteiger charge is 2.14. The van der Waals surface area contributed by atoms with Gasteiger partial charge in [0.25, 0.3) is 5.91 Å². The predicted molar refractivity (Wildman–Crippen MR) is 84.3 cm³/mol. The topological polar surface area (TPSA) is 94.6 Å². The Balaban J connectivity index is 1.55. The number of hydrogen-bond acceptors (Lipinski definition) is 6. The van der Waals surface area contributed by atoms with Gasteiger partial charge in [-0.05, 0) is 19.1 Å². The molecular weight excluding hydrogens is 312 g/mol. The van der Waals surface area contributed by atoms with Crippen molar-refractivity contribution in [2.45, 2.75) is 6.92 Å². The number of hydrogen-bond donors (Lipinski definition) is 1. The fourth-order valence-corrected chi connectivity index (χ4v) is 1.96. The number of ether oxygens (including phenoxy) is 1. The van der Waals surface area contributed by atoms with Crippen LogP contribution in [0.2, 0.25) is 0 Å². The van der Waals surface area contributed by atoms with E-state index >= 15 is 0 Å². The van der Waals surface area contributed by atoms with Crippen LogP contribution in [0.5, 0.6) is 0 Å². The van der Waals surface area contributed by atoms with E-state index in [1.807, 2.05) is 31.2 Å². The SMILES string of the molecule is Cc1ccc(-c2cc(NC(=O)COC(=O)c3ccco3)on2)cc1. The van der Waals surface area contributed by atoms with E-state index in [2.05, 4.69) is 10.5 Å². The van der Waals surface area contributed by atoms with Gasteiger partial charge in [0, 0.05) is 11.6 Å². The number of nitrogens with zero attached hydrogens (tertiary/aromatic N) is 1. The highest BCUT2D eigenvalue weighted by atomic mass is 16.5. The summed E-state index contributed by atoms with van der Waals surface area (Å²) in [5, 5.41) is 6.36. The number of carbonyl (C=O) groups excluding carboxylic acids is 2. The summed E-state index contributed by atoms with van der Waals surface area (Å²) in [4.78, 5) is 23.3. The molecule has 0 aliphatic rings. The van der Waals surface area contributed by atoms with Crippen LogP contribution in [0.25, 0.3) is 11.3 Å². The van der Waals surface area contributed by atoms with Crippen molar-refractivity contribution in [3.05, 3.63) is 60.1 Å². The number of nitrogens with one attached hydrogen (secondary N) is 1. The number of esters is 1. The molecule has 3 rings (SSSR count). The Morgan fingerprint density at radius 2 is 2.00 bits per heavy atom. The number of amides is 1. The summed E-state index contributed by atoms with van der Waals surface area (Å²) in [6, 6.07) is 12.3. The minimum Gasteiger partial charge on any atom is -0.457 e. The van der Waals surface area contributed by atoms with Crippen molar-refractivity contribution in [2.24, 2.45) is 0 Å². The highest BCUT2D eigenvalue weighted by molar-refractivity contribution is 5.94. The van der Waals surface area contributed by atoms with Crippen LogP contribution in [0, 0.1) is 6.92 Å². The van der Waals surface area contributed by atoms with Crippen molar-refractivity contribution >= 4 is 17.8 Å². The van der Waals surface area contributed by atoms with Crippen LogP contribution in [0.3, 0.4) is 0 Å². The quantitative estimate of drug-likeness (QED) is 0.724. The summed E-state index contributed by atoms with van der Waals surface area (Å²) in [5.74, 6) is -1.05. The van der Waals surface area contributed by atoms with Crippen molar-refractivity contribution in [2.75, 3.05) is 11.9 Å². The second-order valence-corrected chi connectivity index (χ2v) is 5.04. The van der Waals surface area contributed by atoms with E-state index in [1.165, 1.54) is 12.3 Å². The fraction of sp³-hybridized carbons (Fsp3) is 0.118. The van der Waals surface area contributed by atoms with Crippen molar-refractivity contribution in [1.29, 1.82) is 0 Å². The first-order valence-corrected chi connectivity index (χ1v) is 7.16. The molecule has 0 radical (unpaired) electrons. The zero-order valence-corrected chi connectivity index (χ0v) is 12.8. The normalized spacial score (nSPS) is 10.4. The molecule has 0 spiro atoms. The van der Waals surface area contributed by atoms with Gasteiger partial charge >= 0.3 is 5.97 Å². The lowest BCUT2D eigenvalue weighted by Gasteiger charge is -2.02. The molecule has 0 aliphatic carbocycles. The lowest BCUT2D eigenvalue weighted by Crippen LogP contribution is -2.20. The summed E-state index contributed by atoms with van der Waals surface area (Å²) >= 11 is 0. The Bertz CT molecular complexity index is 834. The first kappa shape index (κ1) is 15.5. The van der Waals surface area contributed by atoms with E-state index in [0.29, 0.717) is 5.69 Å². The largest absolute Gasteiger partial charge is 0.457 e. The van der Waals surface area contributed by atoms with Crippen LogP contribution in [0.4, 0.5) is 5.88 Å². The predicted octanol–water partition coefficient (Wildman–Crippen LogP) is 3.04. The van der Waals surface area contributed by atoms with Gasteiger partial charge in [0.15, 0.2) is 6.61 Å². The Labute approximate surface area is 137 Å². The molecule has 122 valence electrons. The lowest BCUT2D eigenvalue weighted by molar-refractivity contribution is -0.119. The van der Waals surface area contributed by atoms with E-state index in [0.717, 1.165) is 11.1 Å².